The molecule has 0 aromatic heterocycles. The van der Waals surface area contributed by atoms with Crippen LogP contribution >= 0.6 is 0 Å². The minimum Gasteiger partial charge on any atom is -0.396 e. The summed E-state index contributed by atoms with van der Waals surface area (Å²) in [6.07, 6.45) is 5.39. The molecule has 1 rings (SSSR count). The fourth-order valence-corrected chi connectivity index (χ4v) is 1.92. The molecule has 0 spiro atoms. The zero-order valence-electron chi connectivity index (χ0n) is 8.96. The van der Waals surface area contributed by atoms with Crippen molar-refractivity contribution in [3.05, 3.63) is 23.3 Å². The molecule has 3 nitrogen and oxygen atoms in total. The first kappa shape index (κ1) is 11.4. The molecule has 14 heavy (non-hydrogen) atoms. The van der Waals surface area contributed by atoms with Gasteiger partial charge in [0.25, 0.3) is 0 Å². The minimum atomic E-state index is -0.361. The van der Waals surface area contributed by atoms with E-state index in [1.807, 2.05) is 19.1 Å². The van der Waals surface area contributed by atoms with Crippen molar-refractivity contribution < 1.29 is 5.11 Å². The molecule has 0 aromatic rings. The second kappa shape index (κ2) is 4.26. The van der Waals surface area contributed by atoms with Crippen LogP contribution in [0.4, 0.5) is 0 Å². The smallest absolute Gasteiger partial charge is 0.0553 e. The van der Waals surface area contributed by atoms with Gasteiger partial charge in [0.15, 0.2) is 0 Å². The van der Waals surface area contributed by atoms with E-state index < -0.39 is 0 Å². The van der Waals surface area contributed by atoms with Crippen LogP contribution in [0.25, 0.3) is 0 Å². The lowest BCUT2D eigenvalue weighted by atomic mass is 9.78. The van der Waals surface area contributed by atoms with Gasteiger partial charge >= 0.3 is 0 Å². The maximum absolute atomic E-state index is 8.94. The van der Waals surface area contributed by atoms with E-state index >= 15 is 0 Å². The van der Waals surface area contributed by atoms with Gasteiger partial charge in [0.05, 0.1) is 5.54 Å². The van der Waals surface area contributed by atoms with Gasteiger partial charge in [-0.2, -0.15) is 0 Å². The van der Waals surface area contributed by atoms with Crippen LogP contribution in [-0.4, -0.2) is 23.3 Å². The summed E-state index contributed by atoms with van der Waals surface area (Å²) in [6.45, 7) is 4.20. The molecule has 0 saturated carbocycles. The Morgan fingerprint density at radius 1 is 1.57 bits per heavy atom. The molecule has 1 aliphatic carbocycles. The summed E-state index contributed by atoms with van der Waals surface area (Å²) in [6, 6.07) is -0.0784. The summed E-state index contributed by atoms with van der Waals surface area (Å²) in [5.41, 5.74) is 14.0. The number of aliphatic hydroxyl groups is 1. The summed E-state index contributed by atoms with van der Waals surface area (Å²) in [7, 11) is 0. The first-order valence-electron chi connectivity index (χ1n) is 5.10. The molecule has 5 N–H and O–H groups in total. The van der Waals surface area contributed by atoms with E-state index in [-0.39, 0.29) is 18.2 Å². The third-order valence-electron chi connectivity index (χ3n) is 3.15. The largest absolute Gasteiger partial charge is 0.396 e. The highest BCUT2D eigenvalue weighted by Gasteiger charge is 2.29. The van der Waals surface area contributed by atoms with Gasteiger partial charge in [0.1, 0.15) is 0 Å². The predicted octanol–water partition coefficient (Wildman–Crippen LogP) is 0.690. The Morgan fingerprint density at radius 2 is 2.21 bits per heavy atom. The van der Waals surface area contributed by atoms with Gasteiger partial charge in [-0.1, -0.05) is 19.1 Å². The first-order valence-corrected chi connectivity index (χ1v) is 5.10. The number of rotatable bonds is 3. The molecule has 0 saturated heterocycles. The first-order chi connectivity index (χ1) is 6.55. The third kappa shape index (κ3) is 1.90. The zero-order valence-corrected chi connectivity index (χ0v) is 8.96. The maximum atomic E-state index is 8.94. The minimum absolute atomic E-state index is 0.0784. The topological polar surface area (TPSA) is 72.3 Å². The Bertz CT molecular complexity index is 270. The fourth-order valence-electron chi connectivity index (χ4n) is 1.92. The average Bonchev–Trinajstić information content (AvgIpc) is 2.19. The van der Waals surface area contributed by atoms with Crippen molar-refractivity contribution in [3.8, 4) is 0 Å². The zero-order chi connectivity index (χ0) is 10.8. The van der Waals surface area contributed by atoms with Crippen LogP contribution in [0.2, 0.25) is 0 Å². The van der Waals surface area contributed by atoms with Crippen LogP contribution in [0, 0.1) is 0 Å². The molecule has 3 heteroatoms. The van der Waals surface area contributed by atoms with Crippen LogP contribution < -0.4 is 11.5 Å². The van der Waals surface area contributed by atoms with Crippen LogP contribution in [0.15, 0.2) is 23.3 Å². The molecule has 0 aromatic carbocycles. The lowest BCUT2D eigenvalue weighted by Gasteiger charge is -2.34. The highest BCUT2D eigenvalue weighted by Crippen LogP contribution is 2.29. The van der Waals surface area contributed by atoms with Gasteiger partial charge in [-0.3, -0.25) is 0 Å². The van der Waals surface area contributed by atoms with Crippen molar-refractivity contribution in [2.75, 3.05) is 6.61 Å². The molecule has 0 radical (unpaired) electrons. The second-order valence-corrected chi connectivity index (χ2v) is 3.90. The molecule has 0 aliphatic heterocycles. The van der Waals surface area contributed by atoms with E-state index in [4.69, 9.17) is 16.6 Å². The maximum Gasteiger partial charge on any atom is 0.0553 e. The van der Waals surface area contributed by atoms with Crippen LogP contribution in [0.3, 0.4) is 0 Å². The highest BCUT2D eigenvalue weighted by atomic mass is 16.2. The number of aliphatic hydroxyl groups excluding tert-OH is 1. The number of hydrogen-bond donors (Lipinski definition) is 3. The summed E-state index contributed by atoms with van der Waals surface area (Å²) < 4.78 is 0. The lowest BCUT2D eigenvalue weighted by Crippen LogP contribution is -2.43. The number of hydrogen-bond acceptors (Lipinski definition) is 3. The molecule has 0 heterocycles. The average molecular weight is 196 g/mol. The van der Waals surface area contributed by atoms with E-state index in [1.54, 1.807) is 0 Å². The summed E-state index contributed by atoms with van der Waals surface area (Å²) in [5, 5.41) is 8.94. The van der Waals surface area contributed by atoms with E-state index in [2.05, 4.69) is 6.92 Å². The Kier molecular flexibility index (Phi) is 3.48. The Labute approximate surface area is 85.5 Å². The van der Waals surface area contributed by atoms with Crippen molar-refractivity contribution in [3.63, 3.8) is 0 Å². The van der Waals surface area contributed by atoms with Gasteiger partial charge in [0.2, 0.25) is 0 Å². The summed E-state index contributed by atoms with van der Waals surface area (Å²) >= 11 is 0. The van der Waals surface area contributed by atoms with Crippen LogP contribution in [0.1, 0.15) is 26.7 Å². The van der Waals surface area contributed by atoms with Gasteiger partial charge in [-0.05, 0) is 30.9 Å². The molecule has 2 unspecified atom stereocenters. The molecule has 1 aliphatic rings. The second-order valence-electron chi connectivity index (χ2n) is 3.90. The fraction of sp³-hybridized carbons (Fsp3) is 0.636. The van der Waals surface area contributed by atoms with Gasteiger partial charge < -0.3 is 16.6 Å². The van der Waals surface area contributed by atoms with Gasteiger partial charge in [0, 0.05) is 12.6 Å². The highest BCUT2D eigenvalue weighted by molar-refractivity contribution is 5.40. The quantitative estimate of drug-likeness (QED) is 0.581. The van der Waals surface area contributed by atoms with Crippen molar-refractivity contribution in [2.45, 2.75) is 38.3 Å². The standard InChI is InChI=1S/C11H20N2O/c1-3-11(13)6-4-10(12)9(5-7-14)8(11)2/h4,6,10,14H,3,5,7,12-13H2,1-2H3. The van der Waals surface area contributed by atoms with E-state index in [1.165, 1.54) is 0 Å². The van der Waals surface area contributed by atoms with Gasteiger partial charge in [-0.15, -0.1) is 0 Å². The molecule has 0 fully saturated rings. The number of nitrogens with two attached hydrogens (primary N) is 2. The van der Waals surface area contributed by atoms with Crippen LogP contribution in [-0.2, 0) is 0 Å². The van der Waals surface area contributed by atoms with E-state index in [0.29, 0.717) is 6.42 Å². The molecular formula is C11H20N2O. The summed E-state index contributed by atoms with van der Waals surface area (Å²) in [4.78, 5) is 0. The Morgan fingerprint density at radius 3 is 2.71 bits per heavy atom. The normalized spacial score (nSPS) is 32.5. The van der Waals surface area contributed by atoms with Crippen molar-refractivity contribution in [1.82, 2.24) is 0 Å². The van der Waals surface area contributed by atoms with Crippen LogP contribution in [0.5, 0.6) is 0 Å². The Balaban J connectivity index is 3.01. The van der Waals surface area contributed by atoms with E-state index in [9.17, 15) is 0 Å². The van der Waals surface area contributed by atoms with Crippen molar-refractivity contribution in [1.29, 1.82) is 0 Å². The van der Waals surface area contributed by atoms with Crippen molar-refractivity contribution in [2.24, 2.45) is 11.5 Å². The lowest BCUT2D eigenvalue weighted by molar-refractivity contribution is 0.296. The monoisotopic (exact) mass is 196 g/mol. The summed E-state index contributed by atoms with van der Waals surface area (Å²) in [5.74, 6) is 0. The van der Waals surface area contributed by atoms with Gasteiger partial charge in [-0.25, -0.2) is 0 Å². The Hall–Kier alpha value is -0.640. The van der Waals surface area contributed by atoms with Crippen molar-refractivity contribution >= 4 is 0 Å². The predicted molar refractivity (Wildman–Crippen MR) is 58.7 cm³/mol. The van der Waals surface area contributed by atoms with E-state index in [0.717, 1.165) is 17.6 Å². The molecule has 2 atom stereocenters. The SMILES string of the molecule is CCC1(N)C=CC(N)C(CCO)=C1C. The molecule has 80 valence electrons. The molecular weight excluding hydrogens is 176 g/mol. The molecule has 0 amide bonds. The third-order valence-corrected chi connectivity index (χ3v) is 3.15. The molecule has 0 bridgehead atoms.